The van der Waals surface area contributed by atoms with Crippen LogP contribution in [0.1, 0.15) is 12.5 Å². The normalized spacial score (nSPS) is 16.6. The second kappa shape index (κ2) is 4.57. The number of benzene rings is 1. The quantitative estimate of drug-likeness (QED) is 0.573. The van der Waals surface area contributed by atoms with E-state index in [2.05, 4.69) is 6.92 Å². The Morgan fingerprint density at radius 1 is 1.67 bits per heavy atom. The Bertz CT molecular complexity index is 361. The molecule has 5 heteroatoms. The van der Waals surface area contributed by atoms with Gasteiger partial charge in [0.1, 0.15) is 0 Å². The Morgan fingerprint density at radius 3 is 3.20 bits per heavy atom. The molecule has 1 aromatic rings. The topological polar surface area (TPSA) is 55.5 Å². The van der Waals surface area contributed by atoms with Crippen molar-refractivity contribution in [1.82, 2.24) is 0 Å². The summed E-state index contributed by atoms with van der Waals surface area (Å²) >= 11 is 1.69. The van der Waals surface area contributed by atoms with Crippen molar-refractivity contribution in [1.29, 1.82) is 0 Å². The SMILES string of the molecule is CC(CN)Sc1cccc2c1B(O)OC2. The van der Waals surface area contributed by atoms with Crippen molar-refractivity contribution in [3.05, 3.63) is 23.8 Å². The lowest BCUT2D eigenvalue weighted by Gasteiger charge is -2.11. The Labute approximate surface area is 94.1 Å². The molecule has 0 saturated heterocycles. The van der Waals surface area contributed by atoms with Crippen LogP contribution in [0.3, 0.4) is 0 Å². The molecule has 1 aromatic carbocycles. The molecule has 3 nitrogen and oxygen atoms in total. The van der Waals surface area contributed by atoms with Crippen molar-refractivity contribution < 1.29 is 9.68 Å². The van der Waals surface area contributed by atoms with Crippen LogP contribution in [-0.4, -0.2) is 23.9 Å². The third kappa shape index (κ3) is 2.20. The summed E-state index contributed by atoms with van der Waals surface area (Å²) in [6.45, 7) is 3.21. The number of thioether (sulfide) groups is 1. The number of nitrogens with two attached hydrogens (primary N) is 1. The third-order valence-corrected chi connectivity index (χ3v) is 3.66. The average Bonchev–Trinajstić information content (AvgIpc) is 2.61. The zero-order valence-electron chi connectivity index (χ0n) is 8.64. The van der Waals surface area contributed by atoms with Gasteiger partial charge in [0.2, 0.25) is 0 Å². The van der Waals surface area contributed by atoms with Gasteiger partial charge in [-0.25, -0.2) is 0 Å². The first-order chi connectivity index (χ1) is 7.22. The van der Waals surface area contributed by atoms with E-state index in [9.17, 15) is 5.02 Å². The number of hydrogen-bond acceptors (Lipinski definition) is 4. The van der Waals surface area contributed by atoms with E-state index in [-0.39, 0.29) is 0 Å². The highest BCUT2D eigenvalue weighted by atomic mass is 32.2. The molecule has 0 amide bonds. The van der Waals surface area contributed by atoms with E-state index >= 15 is 0 Å². The first-order valence-electron chi connectivity index (χ1n) is 5.00. The van der Waals surface area contributed by atoms with Crippen molar-refractivity contribution in [2.45, 2.75) is 23.7 Å². The highest BCUT2D eigenvalue weighted by Gasteiger charge is 2.30. The molecule has 1 atom stereocenters. The molecule has 2 rings (SSSR count). The van der Waals surface area contributed by atoms with E-state index < -0.39 is 7.12 Å². The van der Waals surface area contributed by atoms with Crippen LogP contribution in [-0.2, 0) is 11.3 Å². The Balaban J connectivity index is 2.28. The highest BCUT2D eigenvalue weighted by molar-refractivity contribution is 8.00. The number of rotatable bonds is 3. The van der Waals surface area contributed by atoms with E-state index in [1.807, 2.05) is 18.2 Å². The molecule has 0 aromatic heterocycles. The van der Waals surface area contributed by atoms with Crippen LogP contribution in [0.2, 0.25) is 0 Å². The third-order valence-electron chi connectivity index (χ3n) is 2.46. The van der Waals surface area contributed by atoms with Gasteiger partial charge < -0.3 is 15.4 Å². The van der Waals surface area contributed by atoms with Crippen molar-refractivity contribution >= 4 is 24.3 Å². The van der Waals surface area contributed by atoms with Gasteiger partial charge in [0.25, 0.3) is 0 Å². The van der Waals surface area contributed by atoms with Gasteiger partial charge in [0.05, 0.1) is 6.61 Å². The van der Waals surface area contributed by atoms with Crippen LogP contribution in [0.4, 0.5) is 0 Å². The van der Waals surface area contributed by atoms with Crippen LogP contribution in [0.5, 0.6) is 0 Å². The van der Waals surface area contributed by atoms with Crippen molar-refractivity contribution in [2.75, 3.05) is 6.54 Å². The molecule has 0 fully saturated rings. The van der Waals surface area contributed by atoms with Gasteiger partial charge in [-0.05, 0) is 11.6 Å². The zero-order chi connectivity index (χ0) is 10.8. The van der Waals surface area contributed by atoms with Crippen LogP contribution in [0.15, 0.2) is 23.1 Å². The minimum atomic E-state index is -0.770. The van der Waals surface area contributed by atoms with Gasteiger partial charge in [0, 0.05) is 22.2 Å². The van der Waals surface area contributed by atoms with E-state index in [0.29, 0.717) is 18.4 Å². The van der Waals surface area contributed by atoms with E-state index in [4.69, 9.17) is 10.4 Å². The standard InChI is InChI=1S/C10H14BNO2S/c1-7(5-12)15-9-4-2-3-8-6-14-11(13)10(8)9/h2-4,7,13H,5-6,12H2,1H3. The monoisotopic (exact) mass is 223 g/mol. The fourth-order valence-corrected chi connectivity index (χ4v) is 2.66. The first kappa shape index (κ1) is 11.0. The maximum absolute atomic E-state index is 9.68. The predicted octanol–water partition coefficient (Wildman–Crippen LogP) is 0.344. The Hall–Kier alpha value is -0.485. The van der Waals surface area contributed by atoms with Gasteiger partial charge in [0.15, 0.2) is 0 Å². The maximum atomic E-state index is 9.68. The minimum absolute atomic E-state index is 0.351. The summed E-state index contributed by atoms with van der Waals surface area (Å²) in [5.41, 5.74) is 7.58. The predicted molar refractivity (Wildman–Crippen MR) is 63.2 cm³/mol. The lowest BCUT2D eigenvalue weighted by molar-refractivity contribution is 0.275. The molecule has 80 valence electrons. The van der Waals surface area contributed by atoms with Crippen LogP contribution < -0.4 is 11.2 Å². The molecule has 0 bridgehead atoms. The summed E-state index contributed by atoms with van der Waals surface area (Å²) in [5, 5.41) is 10.0. The van der Waals surface area contributed by atoms with Crippen LogP contribution in [0, 0.1) is 0 Å². The molecule has 0 saturated carbocycles. The van der Waals surface area contributed by atoms with Gasteiger partial charge in [-0.2, -0.15) is 0 Å². The summed E-state index contributed by atoms with van der Waals surface area (Å²) in [6.07, 6.45) is 0. The van der Waals surface area contributed by atoms with Gasteiger partial charge in [-0.1, -0.05) is 19.1 Å². The summed E-state index contributed by atoms with van der Waals surface area (Å²) in [5.74, 6) is 0. The summed E-state index contributed by atoms with van der Waals surface area (Å²) in [6, 6.07) is 5.99. The molecular weight excluding hydrogens is 209 g/mol. The summed E-state index contributed by atoms with van der Waals surface area (Å²) in [7, 11) is -0.770. The van der Waals surface area contributed by atoms with Crippen molar-refractivity contribution in [3.63, 3.8) is 0 Å². The largest absolute Gasteiger partial charge is 0.492 e. The second-order valence-electron chi connectivity index (χ2n) is 3.66. The molecule has 0 aliphatic carbocycles. The van der Waals surface area contributed by atoms with Crippen molar-refractivity contribution in [2.24, 2.45) is 5.73 Å². The fourth-order valence-electron chi connectivity index (χ4n) is 1.62. The van der Waals surface area contributed by atoms with Crippen molar-refractivity contribution in [3.8, 4) is 0 Å². The maximum Gasteiger partial charge on any atom is 0.492 e. The molecule has 1 heterocycles. The smallest absolute Gasteiger partial charge is 0.423 e. The minimum Gasteiger partial charge on any atom is -0.423 e. The molecule has 1 aliphatic rings. The summed E-state index contributed by atoms with van der Waals surface area (Å²) in [4.78, 5) is 1.08. The van der Waals surface area contributed by atoms with E-state index in [1.165, 1.54) is 0 Å². The van der Waals surface area contributed by atoms with Crippen LogP contribution in [0.25, 0.3) is 0 Å². The fraction of sp³-hybridized carbons (Fsp3) is 0.400. The summed E-state index contributed by atoms with van der Waals surface area (Å²) < 4.78 is 5.19. The average molecular weight is 223 g/mol. The molecule has 1 aliphatic heterocycles. The molecule has 0 spiro atoms. The first-order valence-corrected chi connectivity index (χ1v) is 5.88. The zero-order valence-corrected chi connectivity index (χ0v) is 9.46. The van der Waals surface area contributed by atoms with Gasteiger partial charge >= 0.3 is 7.12 Å². The Kier molecular flexibility index (Phi) is 3.36. The lowest BCUT2D eigenvalue weighted by atomic mass is 9.79. The molecular formula is C10H14BNO2S. The second-order valence-corrected chi connectivity index (χ2v) is 5.14. The van der Waals surface area contributed by atoms with E-state index in [0.717, 1.165) is 15.9 Å². The lowest BCUT2D eigenvalue weighted by Crippen LogP contribution is -2.30. The molecule has 0 radical (unpaired) electrons. The number of fused-ring (bicyclic) bond motifs is 1. The molecule has 15 heavy (non-hydrogen) atoms. The van der Waals surface area contributed by atoms with Gasteiger partial charge in [-0.15, -0.1) is 11.8 Å². The van der Waals surface area contributed by atoms with E-state index in [1.54, 1.807) is 11.8 Å². The highest BCUT2D eigenvalue weighted by Crippen LogP contribution is 2.24. The number of hydrogen-bond donors (Lipinski definition) is 2. The molecule has 1 unspecified atom stereocenters. The van der Waals surface area contributed by atoms with Crippen LogP contribution >= 0.6 is 11.8 Å². The molecule has 3 N–H and O–H groups in total. The Morgan fingerprint density at radius 2 is 2.47 bits per heavy atom. The van der Waals surface area contributed by atoms with Gasteiger partial charge in [-0.3, -0.25) is 0 Å².